The highest BCUT2D eigenvalue weighted by molar-refractivity contribution is 9.10. The number of rotatable bonds is 4. The quantitative estimate of drug-likeness (QED) is 0.333. The Labute approximate surface area is 193 Å². The van der Waals surface area contributed by atoms with Crippen molar-refractivity contribution < 1.29 is 19.1 Å². The first-order valence-electron chi connectivity index (χ1n) is 9.10. The first kappa shape index (κ1) is 20.0. The monoisotopic (exact) mass is 514 g/mol. The van der Waals surface area contributed by atoms with Crippen LogP contribution in [0.15, 0.2) is 81.1 Å². The minimum Gasteiger partial charge on any atom is -0.503 e. The summed E-state index contributed by atoms with van der Waals surface area (Å²) in [5.41, 5.74) is 1.24. The van der Waals surface area contributed by atoms with Gasteiger partial charge in [-0.1, -0.05) is 51.0 Å². The SMILES string of the molecule is O=C(C1=C(O)C(=O)N(c2nc3ccc(Cl)cc3s2)C1c1cccc(Br)c1)c1ccco1. The second-order valence-corrected chi connectivity index (χ2v) is 9.17. The smallest absolute Gasteiger partial charge is 0.296 e. The zero-order valence-corrected chi connectivity index (χ0v) is 18.7. The largest absolute Gasteiger partial charge is 0.503 e. The Morgan fingerprint density at radius 3 is 2.77 bits per heavy atom. The van der Waals surface area contributed by atoms with Gasteiger partial charge in [0.2, 0.25) is 5.78 Å². The molecular weight excluding hydrogens is 504 g/mol. The summed E-state index contributed by atoms with van der Waals surface area (Å²) >= 11 is 10.8. The highest BCUT2D eigenvalue weighted by Gasteiger charge is 2.46. The molecule has 1 aliphatic rings. The van der Waals surface area contributed by atoms with Crippen LogP contribution in [-0.2, 0) is 4.79 Å². The van der Waals surface area contributed by atoms with Gasteiger partial charge in [0.15, 0.2) is 16.7 Å². The fourth-order valence-electron chi connectivity index (χ4n) is 3.56. The summed E-state index contributed by atoms with van der Waals surface area (Å²) in [5, 5.41) is 11.6. The molecule has 0 aliphatic carbocycles. The van der Waals surface area contributed by atoms with Gasteiger partial charge >= 0.3 is 0 Å². The molecule has 5 rings (SSSR count). The fraction of sp³-hybridized carbons (Fsp3) is 0.0455. The molecule has 0 bridgehead atoms. The van der Waals surface area contributed by atoms with E-state index in [9.17, 15) is 14.7 Å². The van der Waals surface area contributed by atoms with Crippen LogP contribution in [0.1, 0.15) is 22.2 Å². The Morgan fingerprint density at radius 1 is 1.19 bits per heavy atom. The van der Waals surface area contributed by atoms with Crippen molar-refractivity contribution in [3.8, 4) is 0 Å². The number of ketones is 1. The molecule has 0 spiro atoms. The molecule has 0 fully saturated rings. The lowest BCUT2D eigenvalue weighted by molar-refractivity contribution is -0.117. The zero-order chi connectivity index (χ0) is 21.7. The third-order valence-electron chi connectivity index (χ3n) is 4.91. The van der Waals surface area contributed by atoms with E-state index in [2.05, 4.69) is 20.9 Å². The number of carbonyl (C=O) groups excluding carboxylic acids is 2. The van der Waals surface area contributed by atoms with Gasteiger partial charge in [0.05, 0.1) is 28.1 Å². The molecule has 6 nitrogen and oxygen atoms in total. The predicted molar refractivity (Wildman–Crippen MR) is 122 cm³/mol. The molecule has 0 saturated heterocycles. The molecule has 3 heterocycles. The van der Waals surface area contributed by atoms with Gasteiger partial charge in [-0.15, -0.1) is 0 Å². The lowest BCUT2D eigenvalue weighted by atomic mass is 9.95. The second-order valence-electron chi connectivity index (χ2n) is 6.81. The highest BCUT2D eigenvalue weighted by atomic mass is 79.9. The van der Waals surface area contributed by atoms with E-state index >= 15 is 0 Å². The normalized spacial score (nSPS) is 16.5. The molecule has 31 heavy (non-hydrogen) atoms. The van der Waals surface area contributed by atoms with Crippen molar-refractivity contribution in [1.29, 1.82) is 0 Å². The standard InChI is InChI=1S/C22H12BrClN2O4S/c23-12-4-1-3-11(9-12)18-17(19(27)15-5-2-8-30-15)20(28)21(29)26(18)22-25-14-7-6-13(24)10-16(14)31-22/h1-10,18,28H. The lowest BCUT2D eigenvalue weighted by Gasteiger charge is -2.24. The van der Waals surface area contributed by atoms with Gasteiger partial charge in [0.25, 0.3) is 5.91 Å². The maximum absolute atomic E-state index is 13.2. The van der Waals surface area contributed by atoms with Crippen LogP contribution in [0.5, 0.6) is 0 Å². The van der Waals surface area contributed by atoms with Crippen molar-refractivity contribution in [3.63, 3.8) is 0 Å². The molecular formula is C22H12BrClN2O4S. The van der Waals surface area contributed by atoms with E-state index in [-0.39, 0.29) is 11.3 Å². The number of halogens is 2. The molecule has 2 aromatic carbocycles. The molecule has 1 amide bonds. The lowest BCUT2D eigenvalue weighted by Crippen LogP contribution is -2.30. The van der Waals surface area contributed by atoms with Crippen molar-refractivity contribution in [3.05, 3.63) is 93.0 Å². The number of aliphatic hydroxyl groups excluding tert-OH is 1. The van der Waals surface area contributed by atoms with Gasteiger partial charge in [0, 0.05) is 9.50 Å². The molecule has 1 atom stereocenters. The first-order valence-corrected chi connectivity index (χ1v) is 11.1. The number of carbonyl (C=O) groups is 2. The molecule has 1 aliphatic heterocycles. The van der Waals surface area contributed by atoms with Gasteiger partial charge in [-0.05, 0) is 48.0 Å². The molecule has 9 heteroatoms. The van der Waals surface area contributed by atoms with Crippen LogP contribution < -0.4 is 4.90 Å². The number of anilines is 1. The molecule has 1 unspecified atom stereocenters. The van der Waals surface area contributed by atoms with E-state index in [4.69, 9.17) is 16.0 Å². The number of fused-ring (bicyclic) bond motifs is 1. The second kappa shape index (κ2) is 7.64. The number of aromatic nitrogens is 1. The molecule has 0 radical (unpaired) electrons. The predicted octanol–water partition coefficient (Wildman–Crippen LogP) is 6.09. The maximum atomic E-state index is 13.2. The summed E-state index contributed by atoms with van der Waals surface area (Å²) in [6, 6.07) is 14.6. The van der Waals surface area contributed by atoms with E-state index in [1.165, 1.54) is 28.6 Å². The molecule has 1 N–H and O–H groups in total. The topological polar surface area (TPSA) is 83.6 Å². The number of aliphatic hydroxyl groups is 1. The van der Waals surface area contributed by atoms with Crippen molar-refractivity contribution >= 4 is 65.9 Å². The van der Waals surface area contributed by atoms with E-state index < -0.39 is 23.5 Å². The number of hydrogen-bond acceptors (Lipinski definition) is 6. The van der Waals surface area contributed by atoms with E-state index in [0.717, 1.165) is 9.17 Å². The third-order valence-corrected chi connectivity index (χ3v) is 6.65. The molecule has 2 aromatic heterocycles. The molecule has 154 valence electrons. The Bertz CT molecular complexity index is 1380. The number of thiazole rings is 1. The molecule has 0 saturated carbocycles. The average Bonchev–Trinajstić information content (AvgIpc) is 3.46. The van der Waals surface area contributed by atoms with Crippen LogP contribution in [0.2, 0.25) is 5.02 Å². The van der Waals surface area contributed by atoms with Gasteiger partial charge in [0.1, 0.15) is 0 Å². The fourth-order valence-corrected chi connectivity index (χ4v) is 5.24. The highest BCUT2D eigenvalue weighted by Crippen LogP contribution is 2.44. The minimum atomic E-state index is -0.876. The van der Waals surface area contributed by atoms with Crippen LogP contribution in [0.4, 0.5) is 5.13 Å². The Balaban J connectivity index is 1.70. The van der Waals surface area contributed by atoms with Gasteiger partial charge in [-0.25, -0.2) is 4.98 Å². The van der Waals surface area contributed by atoms with Gasteiger partial charge < -0.3 is 9.52 Å². The Kier molecular flexibility index (Phi) is 4.92. The summed E-state index contributed by atoms with van der Waals surface area (Å²) < 4.78 is 6.79. The number of hydrogen-bond donors (Lipinski definition) is 1. The van der Waals surface area contributed by atoms with E-state index in [0.29, 0.717) is 21.2 Å². The third kappa shape index (κ3) is 3.37. The number of Topliss-reactive ketones (excluding diaryl/α,β-unsaturated/α-hetero) is 1. The van der Waals surface area contributed by atoms with Crippen molar-refractivity contribution in [2.45, 2.75) is 6.04 Å². The number of benzene rings is 2. The minimum absolute atomic E-state index is 0.0345. The average molecular weight is 516 g/mol. The Hall–Kier alpha value is -2.94. The maximum Gasteiger partial charge on any atom is 0.296 e. The zero-order valence-electron chi connectivity index (χ0n) is 15.6. The van der Waals surface area contributed by atoms with Crippen LogP contribution in [-0.4, -0.2) is 21.8 Å². The first-order chi connectivity index (χ1) is 14.9. The summed E-state index contributed by atoms with van der Waals surface area (Å²) in [6.45, 7) is 0. The number of nitrogens with zero attached hydrogens (tertiary/aromatic N) is 2. The van der Waals surface area contributed by atoms with Crippen LogP contribution in [0.3, 0.4) is 0 Å². The summed E-state index contributed by atoms with van der Waals surface area (Å²) in [4.78, 5) is 32.3. The van der Waals surface area contributed by atoms with Crippen LogP contribution >= 0.6 is 38.9 Å². The van der Waals surface area contributed by atoms with Crippen molar-refractivity contribution in [1.82, 2.24) is 4.98 Å². The summed E-state index contributed by atoms with van der Waals surface area (Å²) in [6.07, 6.45) is 1.37. The van der Waals surface area contributed by atoms with Crippen molar-refractivity contribution in [2.75, 3.05) is 4.90 Å². The van der Waals surface area contributed by atoms with E-state index in [1.807, 2.05) is 6.07 Å². The summed E-state index contributed by atoms with van der Waals surface area (Å²) in [7, 11) is 0. The number of amides is 1. The van der Waals surface area contributed by atoms with Crippen LogP contribution in [0, 0.1) is 0 Å². The summed E-state index contributed by atoms with van der Waals surface area (Å²) in [5.74, 6) is -1.85. The number of furan rings is 1. The van der Waals surface area contributed by atoms with E-state index in [1.54, 1.807) is 42.5 Å². The Morgan fingerprint density at radius 2 is 2.03 bits per heavy atom. The molecule has 4 aromatic rings. The van der Waals surface area contributed by atoms with Gasteiger partial charge in [-0.2, -0.15) is 0 Å². The van der Waals surface area contributed by atoms with Gasteiger partial charge in [-0.3, -0.25) is 14.5 Å². The van der Waals surface area contributed by atoms with Crippen molar-refractivity contribution in [2.24, 2.45) is 0 Å². The van der Waals surface area contributed by atoms with Crippen LogP contribution in [0.25, 0.3) is 10.2 Å².